The molecule has 3 aromatic rings. The highest BCUT2D eigenvalue weighted by atomic mass is 35.5. The number of nitrogens with one attached hydrogen (secondary N) is 1. The first-order chi connectivity index (χ1) is 12.6. The summed E-state index contributed by atoms with van der Waals surface area (Å²) < 4.78 is 2.10. The number of H-pyrrole nitrogens is 1. The molecule has 0 aliphatic rings. The number of halogens is 1. The zero-order chi connectivity index (χ0) is 18.5. The van der Waals surface area contributed by atoms with E-state index in [1.54, 1.807) is 39.0 Å². The third kappa shape index (κ3) is 4.30. The lowest BCUT2D eigenvalue weighted by molar-refractivity contribution is -0.131. The van der Waals surface area contributed by atoms with Crippen molar-refractivity contribution in [1.29, 1.82) is 0 Å². The van der Waals surface area contributed by atoms with Gasteiger partial charge in [0.05, 0.1) is 6.54 Å². The number of hydrogen-bond acceptors (Lipinski definition) is 4. The highest BCUT2D eigenvalue weighted by Crippen LogP contribution is 2.20. The van der Waals surface area contributed by atoms with Gasteiger partial charge in [-0.15, -0.1) is 17.9 Å². The fourth-order valence-electron chi connectivity index (χ4n) is 2.52. The van der Waals surface area contributed by atoms with Gasteiger partial charge in [0.15, 0.2) is 10.6 Å². The molecule has 0 spiro atoms. The number of rotatable bonds is 7. The summed E-state index contributed by atoms with van der Waals surface area (Å²) in [6.45, 7) is 4.87. The van der Waals surface area contributed by atoms with Gasteiger partial charge in [-0.25, -0.2) is 0 Å². The third-order valence-electron chi connectivity index (χ3n) is 3.78. The molecular weight excluding hydrogens is 388 g/mol. The quantitative estimate of drug-likeness (QED) is 0.464. The van der Waals surface area contributed by atoms with Crippen LogP contribution in [0.2, 0.25) is 5.02 Å². The molecule has 5 nitrogen and oxygen atoms in total. The van der Waals surface area contributed by atoms with Crippen molar-refractivity contribution in [2.75, 3.05) is 6.54 Å². The van der Waals surface area contributed by atoms with E-state index in [2.05, 4.69) is 16.8 Å². The number of aromatic amines is 1. The Hall–Kier alpha value is -2.22. The Bertz CT molecular complexity index is 944. The van der Waals surface area contributed by atoms with E-state index in [1.807, 2.05) is 29.6 Å². The molecule has 0 radical (unpaired) electrons. The van der Waals surface area contributed by atoms with Crippen molar-refractivity contribution in [3.8, 4) is 11.4 Å². The molecule has 8 heteroatoms. The average molecular weight is 405 g/mol. The van der Waals surface area contributed by atoms with Gasteiger partial charge in [-0.05, 0) is 47.9 Å². The molecule has 134 valence electrons. The Kier molecular flexibility index (Phi) is 6.03. The van der Waals surface area contributed by atoms with E-state index in [0.717, 1.165) is 10.4 Å². The lowest BCUT2D eigenvalue weighted by Gasteiger charge is -2.21. The second-order valence-corrected chi connectivity index (χ2v) is 7.44. The van der Waals surface area contributed by atoms with Crippen LogP contribution in [-0.4, -0.2) is 32.1 Å². The second kappa shape index (κ2) is 8.44. The van der Waals surface area contributed by atoms with Crippen molar-refractivity contribution in [2.24, 2.45) is 0 Å². The van der Waals surface area contributed by atoms with Crippen molar-refractivity contribution in [1.82, 2.24) is 19.7 Å². The van der Waals surface area contributed by atoms with Crippen LogP contribution in [0.5, 0.6) is 0 Å². The summed E-state index contributed by atoms with van der Waals surface area (Å²) in [5.41, 5.74) is 0.836. The zero-order valence-corrected chi connectivity index (χ0v) is 16.3. The van der Waals surface area contributed by atoms with Gasteiger partial charge in [0, 0.05) is 22.0 Å². The first-order valence-corrected chi connectivity index (χ1v) is 9.57. The molecule has 0 saturated heterocycles. The van der Waals surface area contributed by atoms with E-state index < -0.39 is 0 Å². The SMILES string of the molecule is C=CCN(Cc1cccs1)C(=O)Cn1c(-c2ccc(Cl)cc2)n[nH]c1=S. The number of carbonyl (C=O) groups is 1. The molecule has 26 heavy (non-hydrogen) atoms. The fourth-order valence-corrected chi connectivity index (χ4v) is 3.56. The Morgan fingerprint density at radius 3 is 2.81 bits per heavy atom. The molecule has 2 heterocycles. The van der Waals surface area contributed by atoms with Crippen LogP contribution in [0.3, 0.4) is 0 Å². The smallest absolute Gasteiger partial charge is 0.243 e. The minimum absolute atomic E-state index is 0.0500. The minimum Gasteiger partial charge on any atom is -0.332 e. The van der Waals surface area contributed by atoms with Gasteiger partial charge in [0.2, 0.25) is 5.91 Å². The van der Waals surface area contributed by atoms with Gasteiger partial charge in [-0.2, -0.15) is 5.10 Å². The van der Waals surface area contributed by atoms with Crippen LogP contribution in [0.1, 0.15) is 4.88 Å². The summed E-state index contributed by atoms with van der Waals surface area (Å²) >= 11 is 12.9. The number of amides is 1. The normalized spacial score (nSPS) is 10.7. The maximum Gasteiger partial charge on any atom is 0.243 e. The van der Waals surface area contributed by atoms with Crippen LogP contribution in [0.4, 0.5) is 0 Å². The van der Waals surface area contributed by atoms with E-state index in [1.165, 1.54) is 0 Å². The topological polar surface area (TPSA) is 53.9 Å². The van der Waals surface area contributed by atoms with Crippen molar-refractivity contribution in [3.05, 3.63) is 69.1 Å². The Morgan fingerprint density at radius 2 is 2.15 bits per heavy atom. The number of aromatic nitrogens is 3. The molecule has 3 rings (SSSR count). The largest absolute Gasteiger partial charge is 0.332 e. The standard InChI is InChI=1S/C18H17ClN4OS2/c1-2-9-22(11-15-4-3-10-26-15)16(24)12-23-17(20-21-18(23)25)13-5-7-14(19)8-6-13/h2-8,10H,1,9,11-12H2,(H,21,25). The average Bonchev–Trinajstić information content (AvgIpc) is 3.26. The predicted molar refractivity (Wildman–Crippen MR) is 108 cm³/mol. The molecule has 0 atom stereocenters. The van der Waals surface area contributed by atoms with E-state index in [0.29, 0.717) is 28.7 Å². The van der Waals surface area contributed by atoms with E-state index in [9.17, 15) is 4.79 Å². The minimum atomic E-state index is -0.0500. The second-order valence-electron chi connectivity index (χ2n) is 5.59. The highest BCUT2D eigenvalue weighted by molar-refractivity contribution is 7.71. The van der Waals surface area contributed by atoms with Crippen LogP contribution < -0.4 is 0 Å². The molecule has 1 amide bonds. The zero-order valence-electron chi connectivity index (χ0n) is 13.9. The summed E-state index contributed by atoms with van der Waals surface area (Å²) in [4.78, 5) is 15.7. The number of thiophene rings is 1. The first-order valence-electron chi connectivity index (χ1n) is 7.90. The Labute approximate surface area is 165 Å². The van der Waals surface area contributed by atoms with E-state index >= 15 is 0 Å². The van der Waals surface area contributed by atoms with Gasteiger partial charge in [0.25, 0.3) is 0 Å². The molecular formula is C18H17ClN4OS2. The van der Waals surface area contributed by atoms with Crippen molar-refractivity contribution >= 4 is 41.1 Å². The molecule has 0 bridgehead atoms. The number of hydrogen-bond donors (Lipinski definition) is 1. The Balaban J connectivity index is 1.84. The maximum atomic E-state index is 12.9. The molecule has 0 aliphatic heterocycles. The number of benzene rings is 1. The van der Waals surface area contributed by atoms with Crippen LogP contribution in [-0.2, 0) is 17.9 Å². The van der Waals surface area contributed by atoms with Crippen molar-refractivity contribution in [3.63, 3.8) is 0 Å². The summed E-state index contributed by atoms with van der Waals surface area (Å²) in [5.74, 6) is 0.556. The molecule has 1 aromatic carbocycles. The molecule has 0 saturated carbocycles. The Morgan fingerprint density at radius 1 is 1.38 bits per heavy atom. The first kappa shape index (κ1) is 18.6. The van der Waals surface area contributed by atoms with Crippen LogP contribution in [0, 0.1) is 4.77 Å². The van der Waals surface area contributed by atoms with Gasteiger partial charge in [0.1, 0.15) is 6.54 Å². The third-order valence-corrected chi connectivity index (χ3v) is 5.21. The van der Waals surface area contributed by atoms with Crippen LogP contribution >= 0.6 is 35.2 Å². The lowest BCUT2D eigenvalue weighted by Crippen LogP contribution is -2.33. The fraction of sp³-hybridized carbons (Fsp3) is 0.167. The van der Waals surface area contributed by atoms with Gasteiger partial charge < -0.3 is 4.90 Å². The number of carbonyl (C=O) groups excluding carboxylic acids is 1. The molecule has 0 fully saturated rings. The van der Waals surface area contributed by atoms with Crippen LogP contribution in [0.15, 0.2) is 54.4 Å². The van der Waals surface area contributed by atoms with Gasteiger partial charge >= 0.3 is 0 Å². The molecule has 0 unspecified atom stereocenters. The predicted octanol–water partition coefficient (Wildman–Crippen LogP) is 4.54. The summed E-state index contributed by atoms with van der Waals surface area (Å²) in [6, 6.07) is 11.2. The van der Waals surface area contributed by atoms with E-state index in [4.69, 9.17) is 23.8 Å². The van der Waals surface area contributed by atoms with Gasteiger partial charge in [-0.1, -0.05) is 23.7 Å². The van der Waals surface area contributed by atoms with Crippen LogP contribution in [0.25, 0.3) is 11.4 Å². The van der Waals surface area contributed by atoms with Crippen molar-refractivity contribution < 1.29 is 4.79 Å². The maximum absolute atomic E-state index is 12.9. The monoisotopic (exact) mass is 404 g/mol. The lowest BCUT2D eigenvalue weighted by atomic mass is 10.2. The molecule has 1 N–H and O–H groups in total. The van der Waals surface area contributed by atoms with Gasteiger partial charge in [-0.3, -0.25) is 14.5 Å². The molecule has 0 aliphatic carbocycles. The molecule has 2 aromatic heterocycles. The number of nitrogens with zero attached hydrogens (tertiary/aromatic N) is 3. The van der Waals surface area contributed by atoms with E-state index in [-0.39, 0.29) is 12.5 Å². The summed E-state index contributed by atoms with van der Waals surface area (Å²) in [6.07, 6.45) is 1.72. The summed E-state index contributed by atoms with van der Waals surface area (Å²) in [5, 5.41) is 9.66. The summed E-state index contributed by atoms with van der Waals surface area (Å²) in [7, 11) is 0. The highest BCUT2D eigenvalue weighted by Gasteiger charge is 2.17. The van der Waals surface area contributed by atoms with Crippen molar-refractivity contribution in [2.45, 2.75) is 13.1 Å².